The number of benzene rings is 1. The molecule has 1 aliphatic heterocycles. The van der Waals surface area contributed by atoms with E-state index in [1.165, 1.54) is 4.90 Å². The van der Waals surface area contributed by atoms with Crippen LogP contribution in [-0.2, 0) is 11.3 Å². The van der Waals surface area contributed by atoms with Crippen molar-refractivity contribution in [3.8, 4) is 0 Å². The first kappa shape index (κ1) is 10.7. The molecular formula is C13H11N3O2. The van der Waals surface area contributed by atoms with Gasteiger partial charge in [-0.15, -0.1) is 0 Å². The van der Waals surface area contributed by atoms with Gasteiger partial charge in [-0.25, -0.2) is 4.79 Å². The topological polar surface area (TPSA) is 62.3 Å². The van der Waals surface area contributed by atoms with Gasteiger partial charge >= 0.3 is 6.03 Å². The van der Waals surface area contributed by atoms with Crippen molar-refractivity contribution >= 4 is 22.8 Å². The maximum absolute atomic E-state index is 11.4. The molecule has 0 atom stereocenters. The number of nitrogens with one attached hydrogen (secondary N) is 1. The summed E-state index contributed by atoms with van der Waals surface area (Å²) in [5.41, 5.74) is 1.67. The largest absolute Gasteiger partial charge is 0.324 e. The molecule has 1 aromatic heterocycles. The van der Waals surface area contributed by atoms with Crippen LogP contribution in [0.5, 0.6) is 0 Å². The van der Waals surface area contributed by atoms with Gasteiger partial charge in [0.2, 0.25) is 5.91 Å². The second kappa shape index (κ2) is 4.10. The molecule has 2 heterocycles. The fourth-order valence-corrected chi connectivity index (χ4v) is 2.00. The van der Waals surface area contributed by atoms with Crippen molar-refractivity contribution in [2.45, 2.75) is 6.54 Å². The number of hydrogen-bond donors (Lipinski definition) is 1. The van der Waals surface area contributed by atoms with Crippen molar-refractivity contribution in [1.29, 1.82) is 0 Å². The smallest absolute Gasteiger partial charge is 0.309 e. The highest BCUT2D eigenvalue weighted by molar-refractivity contribution is 6.01. The number of rotatable bonds is 2. The molecule has 3 rings (SSSR count). The Labute approximate surface area is 103 Å². The lowest BCUT2D eigenvalue weighted by atomic mass is 10.2. The molecule has 0 radical (unpaired) electrons. The zero-order valence-electron chi connectivity index (χ0n) is 9.59. The summed E-state index contributed by atoms with van der Waals surface area (Å²) in [6.45, 7) is 0.454. The molecule has 5 nitrogen and oxygen atoms in total. The third-order valence-corrected chi connectivity index (χ3v) is 2.88. The van der Waals surface area contributed by atoms with E-state index in [0.717, 1.165) is 16.6 Å². The summed E-state index contributed by atoms with van der Waals surface area (Å²) >= 11 is 0. The van der Waals surface area contributed by atoms with Gasteiger partial charge in [-0.3, -0.25) is 15.1 Å². The van der Waals surface area contributed by atoms with Crippen LogP contribution in [-0.4, -0.2) is 28.4 Å². The number of pyridine rings is 1. The Hall–Kier alpha value is -2.43. The maximum Gasteiger partial charge on any atom is 0.324 e. The Bertz CT molecular complexity index is 639. The zero-order chi connectivity index (χ0) is 12.5. The Morgan fingerprint density at radius 3 is 2.78 bits per heavy atom. The van der Waals surface area contributed by atoms with Gasteiger partial charge in [0.05, 0.1) is 17.8 Å². The van der Waals surface area contributed by atoms with E-state index >= 15 is 0 Å². The number of nitrogens with zero attached hydrogens (tertiary/aromatic N) is 2. The molecule has 3 amide bonds. The molecule has 0 unspecified atom stereocenters. The van der Waals surface area contributed by atoms with Crippen LogP contribution in [0.3, 0.4) is 0 Å². The van der Waals surface area contributed by atoms with Crippen molar-refractivity contribution in [3.05, 3.63) is 42.1 Å². The Morgan fingerprint density at radius 2 is 2.00 bits per heavy atom. The first-order chi connectivity index (χ1) is 8.72. The Balaban J connectivity index is 1.87. The van der Waals surface area contributed by atoms with Crippen LogP contribution in [0.1, 0.15) is 5.69 Å². The molecule has 0 spiro atoms. The molecule has 90 valence electrons. The number of carbonyl (C=O) groups is 2. The van der Waals surface area contributed by atoms with Crippen LogP contribution < -0.4 is 5.32 Å². The molecule has 2 aromatic rings. The summed E-state index contributed by atoms with van der Waals surface area (Å²) in [6, 6.07) is 11.3. The molecule has 0 saturated carbocycles. The van der Waals surface area contributed by atoms with Crippen LogP contribution in [0.15, 0.2) is 36.4 Å². The van der Waals surface area contributed by atoms with Gasteiger partial charge in [0, 0.05) is 5.39 Å². The fourth-order valence-electron chi connectivity index (χ4n) is 2.00. The summed E-state index contributed by atoms with van der Waals surface area (Å²) in [5, 5.41) is 3.30. The normalized spacial score (nSPS) is 15.2. The van der Waals surface area contributed by atoms with Gasteiger partial charge < -0.3 is 4.90 Å². The second-order valence-electron chi connectivity index (χ2n) is 4.20. The number of para-hydroxylation sites is 1. The summed E-state index contributed by atoms with van der Waals surface area (Å²) in [5.74, 6) is -0.263. The van der Waals surface area contributed by atoms with Gasteiger partial charge in [0.25, 0.3) is 0 Å². The molecule has 0 bridgehead atoms. The number of hydrogen-bond acceptors (Lipinski definition) is 3. The van der Waals surface area contributed by atoms with Crippen molar-refractivity contribution in [2.24, 2.45) is 0 Å². The molecule has 1 aromatic carbocycles. The van der Waals surface area contributed by atoms with E-state index in [2.05, 4.69) is 10.3 Å². The average molecular weight is 241 g/mol. The minimum atomic E-state index is -0.352. The maximum atomic E-state index is 11.4. The molecule has 1 fully saturated rings. The molecule has 0 aliphatic carbocycles. The first-order valence-corrected chi connectivity index (χ1v) is 5.66. The van der Waals surface area contributed by atoms with Gasteiger partial charge in [0.1, 0.15) is 6.54 Å². The van der Waals surface area contributed by atoms with E-state index < -0.39 is 0 Å². The Morgan fingerprint density at radius 1 is 1.17 bits per heavy atom. The molecule has 18 heavy (non-hydrogen) atoms. The number of aromatic nitrogens is 1. The van der Waals surface area contributed by atoms with Gasteiger partial charge in [-0.05, 0) is 12.1 Å². The highest BCUT2D eigenvalue weighted by Gasteiger charge is 2.26. The predicted octanol–water partition coefficient (Wildman–Crippen LogP) is 1.29. The minimum Gasteiger partial charge on any atom is -0.309 e. The van der Waals surface area contributed by atoms with E-state index in [1.54, 1.807) is 0 Å². The third kappa shape index (κ3) is 1.90. The van der Waals surface area contributed by atoms with E-state index in [9.17, 15) is 9.59 Å². The van der Waals surface area contributed by atoms with E-state index in [1.807, 2.05) is 36.4 Å². The van der Waals surface area contributed by atoms with Gasteiger partial charge in [0.15, 0.2) is 0 Å². The van der Waals surface area contributed by atoms with E-state index in [4.69, 9.17) is 0 Å². The molecule has 5 heteroatoms. The average Bonchev–Trinajstić information content (AvgIpc) is 2.68. The third-order valence-electron chi connectivity index (χ3n) is 2.88. The van der Waals surface area contributed by atoms with Crippen LogP contribution in [0.25, 0.3) is 10.9 Å². The predicted molar refractivity (Wildman–Crippen MR) is 65.7 cm³/mol. The number of fused-ring (bicyclic) bond motifs is 1. The van der Waals surface area contributed by atoms with Gasteiger partial charge in [-0.1, -0.05) is 24.3 Å². The standard InChI is InChI=1S/C13H11N3O2/c17-12-8-16(13(18)15-12)7-10-6-5-9-3-1-2-4-11(9)14-10/h1-6H,7-8H2,(H,15,17,18). The minimum absolute atomic E-state index is 0.105. The molecule has 1 N–H and O–H groups in total. The monoisotopic (exact) mass is 241 g/mol. The summed E-state index contributed by atoms with van der Waals surface area (Å²) in [4.78, 5) is 28.4. The van der Waals surface area contributed by atoms with E-state index in [-0.39, 0.29) is 18.5 Å². The lowest BCUT2D eigenvalue weighted by Gasteiger charge is -2.12. The number of amides is 3. The van der Waals surface area contributed by atoms with Crippen molar-refractivity contribution in [2.75, 3.05) is 6.54 Å². The van der Waals surface area contributed by atoms with Crippen LogP contribution >= 0.6 is 0 Å². The van der Waals surface area contributed by atoms with Crippen molar-refractivity contribution in [3.63, 3.8) is 0 Å². The quantitative estimate of drug-likeness (QED) is 0.806. The zero-order valence-corrected chi connectivity index (χ0v) is 9.59. The Kier molecular flexibility index (Phi) is 2.44. The number of imide groups is 1. The van der Waals surface area contributed by atoms with Gasteiger partial charge in [-0.2, -0.15) is 0 Å². The van der Waals surface area contributed by atoms with Crippen LogP contribution in [0.2, 0.25) is 0 Å². The van der Waals surface area contributed by atoms with Crippen molar-refractivity contribution < 1.29 is 9.59 Å². The lowest BCUT2D eigenvalue weighted by Crippen LogP contribution is -2.28. The summed E-state index contributed by atoms with van der Waals surface area (Å²) in [7, 11) is 0. The van der Waals surface area contributed by atoms with Crippen LogP contribution in [0, 0.1) is 0 Å². The van der Waals surface area contributed by atoms with Crippen molar-refractivity contribution in [1.82, 2.24) is 15.2 Å². The lowest BCUT2D eigenvalue weighted by molar-refractivity contribution is -0.118. The van der Waals surface area contributed by atoms with E-state index in [0.29, 0.717) is 6.54 Å². The SMILES string of the molecule is O=C1CN(Cc2ccc3ccccc3n2)C(=O)N1. The van der Waals surface area contributed by atoms with Crippen LogP contribution in [0.4, 0.5) is 4.79 Å². The molecule has 1 aliphatic rings. The molecule has 1 saturated heterocycles. The molecular weight excluding hydrogens is 230 g/mol. The highest BCUT2D eigenvalue weighted by atomic mass is 16.2. The number of urea groups is 1. The fraction of sp³-hybridized carbons (Fsp3) is 0.154. The summed E-state index contributed by atoms with van der Waals surface area (Å²) < 4.78 is 0. The number of carbonyl (C=O) groups excluding carboxylic acids is 2. The second-order valence-corrected chi connectivity index (χ2v) is 4.20. The summed E-state index contributed by atoms with van der Waals surface area (Å²) in [6.07, 6.45) is 0. The highest BCUT2D eigenvalue weighted by Crippen LogP contribution is 2.13. The first-order valence-electron chi connectivity index (χ1n) is 5.66.